The van der Waals surface area contributed by atoms with Crippen molar-refractivity contribution in [3.8, 4) is 0 Å². The maximum Gasteiger partial charge on any atom is 0.293 e. The van der Waals surface area contributed by atoms with Crippen LogP contribution in [0.2, 0.25) is 0 Å². The Labute approximate surface area is 76.0 Å². The van der Waals surface area contributed by atoms with E-state index in [4.69, 9.17) is 5.21 Å². The summed E-state index contributed by atoms with van der Waals surface area (Å²) in [7, 11) is 0. The summed E-state index contributed by atoms with van der Waals surface area (Å²) in [4.78, 5) is 22.1. The van der Waals surface area contributed by atoms with Gasteiger partial charge in [0.15, 0.2) is 0 Å². The molecule has 72 valence electrons. The lowest BCUT2D eigenvalue weighted by Gasteiger charge is -2.22. The molecule has 2 amide bonds. The van der Waals surface area contributed by atoms with Crippen molar-refractivity contribution >= 4 is 11.8 Å². The maximum atomic E-state index is 11.2. The number of hydroxylamine groups is 2. The van der Waals surface area contributed by atoms with Crippen LogP contribution in [0.1, 0.15) is 19.8 Å². The molecule has 13 heavy (non-hydrogen) atoms. The van der Waals surface area contributed by atoms with Crippen LogP contribution in [0, 0.1) is 0 Å². The van der Waals surface area contributed by atoms with Crippen molar-refractivity contribution in [2.24, 2.45) is 0 Å². The lowest BCUT2D eigenvalue weighted by molar-refractivity contribution is -0.169. The van der Waals surface area contributed by atoms with Gasteiger partial charge in [0.25, 0.3) is 5.91 Å². The van der Waals surface area contributed by atoms with Crippen LogP contribution in [0.4, 0.5) is 0 Å². The average Bonchev–Trinajstić information content (AvgIpc) is 2.09. The number of allylic oxidation sites excluding steroid dienone is 1. The van der Waals surface area contributed by atoms with E-state index in [9.17, 15) is 9.59 Å². The Morgan fingerprint density at radius 3 is 2.92 bits per heavy atom. The molecule has 0 aromatic carbocycles. The molecule has 1 saturated heterocycles. The van der Waals surface area contributed by atoms with E-state index in [1.807, 2.05) is 6.92 Å². The smallest absolute Gasteiger partial charge is 0.293 e. The Morgan fingerprint density at radius 1 is 1.62 bits per heavy atom. The van der Waals surface area contributed by atoms with Crippen molar-refractivity contribution in [3.63, 3.8) is 0 Å². The normalized spacial score (nSPS) is 20.8. The second-order valence-corrected chi connectivity index (χ2v) is 2.82. The van der Waals surface area contributed by atoms with Crippen LogP contribution >= 0.6 is 0 Å². The molecule has 0 saturated carbocycles. The summed E-state index contributed by atoms with van der Waals surface area (Å²) < 4.78 is 0. The first-order chi connectivity index (χ1) is 6.15. The molecule has 2 N–H and O–H groups in total. The lowest BCUT2D eigenvalue weighted by atomic mass is 10.2. The molecule has 1 heterocycles. The van der Waals surface area contributed by atoms with Gasteiger partial charge >= 0.3 is 0 Å². The van der Waals surface area contributed by atoms with Gasteiger partial charge in [0.1, 0.15) is 12.2 Å². The highest BCUT2D eigenvalue weighted by Crippen LogP contribution is 2.04. The van der Waals surface area contributed by atoms with Crippen LogP contribution in [-0.4, -0.2) is 28.6 Å². The molecule has 0 spiro atoms. The molecule has 5 heteroatoms. The van der Waals surface area contributed by atoms with Gasteiger partial charge in [-0.3, -0.25) is 14.8 Å². The Morgan fingerprint density at radius 2 is 2.31 bits per heavy atom. The van der Waals surface area contributed by atoms with E-state index >= 15 is 0 Å². The van der Waals surface area contributed by atoms with Gasteiger partial charge in [-0.15, -0.1) is 0 Å². The van der Waals surface area contributed by atoms with E-state index < -0.39 is 5.91 Å². The number of piperazine rings is 1. The second kappa shape index (κ2) is 4.04. The number of unbranched alkanes of at least 4 members (excludes halogenated alkanes) is 1. The second-order valence-electron chi connectivity index (χ2n) is 2.82. The number of amides is 2. The predicted octanol–water partition coefficient (Wildman–Crippen LogP) is 0.0180. The van der Waals surface area contributed by atoms with E-state index in [1.54, 1.807) is 6.08 Å². The van der Waals surface area contributed by atoms with Crippen LogP contribution in [0.25, 0.3) is 0 Å². The first-order valence-corrected chi connectivity index (χ1v) is 4.16. The third-order valence-corrected chi connectivity index (χ3v) is 1.67. The number of hydrogen-bond donors (Lipinski definition) is 2. The summed E-state index contributed by atoms with van der Waals surface area (Å²) in [6.45, 7) is 1.67. The largest absolute Gasteiger partial charge is 0.320 e. The maximum absolute atomic E-state index is 11.2. The molecule has 1 fully saturated rings. The zero-order chi connectivity index (χ0) is 9.84. The molecule has 0 bridgehead atoms. The van der Waals surface area contributed by atoms with Gasteiger partial charge in [-0.2, -0.15) is 0 Å². The summed E-state index contributed by atoms with van der Waals surface area (Å²) in [5, 5.41) is 11.8. The molecular weight excluding hydrogens is 172 g/mol. The third kappa shape index (κ3) is 2.29. The molecule has 1 aliphatic heterocycles. The number of carbonyl (C=O) groups excluding carboxylic acids is 2. The van der Waals surface area contributed by atoms with Crippen molar-refractivity contribution in [1.29, 1.82) is 0 Å². The Hall–Kier alpha value is -1.36. The number of nitrogens with one attached hydrogen (secondary N) is 1. The minimum atomic E-state index is -0.548. The van der Waals surface area contributed by atoms with Crippen LogP contribution in [0.5, 0.6) is 0 Å². The summed E-state index contributed by atoms with van der Waals surface area (Å²) in [6, 6.07) is 0. The zero-order valence-electron chi connectivity index (χ0n) is 7.41. The van der Waals surface area contributed by atoms with Crippen molar-refractivity contribution in [3.05, 3.63) is 11.8 Å². The molecule has 0 unspecified atom stereocenters. The van der Waals surface area contributed by atoms with Crippen molar-refractivity contribution in [2.75, 3.05) is 6.54 Å². The van der Waals surface area contributed by atoms with Gasteiger partial charge in [-0.05, 0) is 6.42 Å². The fourth-order valence-corrected chi connectivity index (χ4v) is 1.02. The Bertz CT molecular complexity index is 260. The molecular formula is C8H12N2O3. The Balaban J connectivity index is 2.72. The highest BCUT2D eigenvalue weighted by molar-refractivity contribution is 6.02. The number of rotatable bonds is 2. The lowest BCUT2D eigenvalue weighted by Crippen LogP contribution is -2.48. The molecule has 0 aliphatic carbocycles. The Kier molecular flexibility index (Phi) is 3.02. The fraction of sp³-hybridized carbons (Fsp3) is 0.500. The average molecular weight is 184 g/mol. The molecule has 0 aromatic rings. The molecule has 1 rings (SSSR count). The number of carbonyl (C=O) groups is 2. The molecule has 0 aromatic heterocycles. The minimum Gasteiger partial charge on any atom is -0.320 e. The predicted molar refractivity (Wildman–Crippen MR) is 44.6 cm³/mol. The van der Waals surface area contributed by atoms with Gasteiger partial charge in [-0.25, -0.2) is 5.06 Å². The molecule has 1 aliphatic rings. The third-order valence-electron chi connectivity index (χ3n) is 1.67. The van der Waals surface area contributed by atoms with Crippen LogP contribution in [0.3, 0.4) is 0 Å². The van der Waals surface area contributed by atoms with Crippen LogP contribution in [0.15, 0.2) is 11.8 Å². The zero-order valence-corrected chi connectivity index (χ0v) is 7.41. The highest BCUT2D eigenvalue weighted by atomic mass is 16.5. The molecule has 5 nitrogen and oxygen atoms in total. The quantitative estimate of drug-likeness (QED) is 0.469. The SMILES string of the molecule is CCC/C=C1\NC(=O)CN(O)C1=O. The van der Waals surface area contributed by atoms with Gasteiger partial charge in [0.2, 0.25) is 5.91 Å². The van der Waals surface area contributed by atoms with Gasteiger partial charge in [0, 0.05) is 0 Å². The number of hydrogen-bond acceptors (Lipinski definition) is 3. The summed E-state index contributed by atoms with van der Waals surface area (Å²) in [5.41, 5.74) is 0.167. The first-order valence-electron chi connectivity index (χ1n) is 4.16. The van der Waals surface area contributed by atoms with Crippen molar-refractivity contribution < 1.29 is 14.8 Å². The topological polar surface area (TPSA) is 69.6 Å². The number of nitrogens with zero attached hydrogens (tertiary/aromatic N) is 1. The van der Waals surface area contributed by atoms with Gasteiger partial charge < -0.3 is 5.32 Å². The summed E-state index contributed by atoms with van der Waals surface area (Å²) >= 11 is 0. The fourth-order valence-electron chi connectivity index (χ4n) is 1.02. The minimum absolute atomic E-state index is 0.167. The van der Waals surface area contributed by atoms with E-state index in [-0.39, 0.29) is 18.1 Å². The van der Waals surface area contributed by atoms with Crippen LogP contribution in [-0.2, 0) is 9.59 Å². The first kappa shape index (κ1) is 9.73. The van der Waals surface area contributed by atoms with Crippen molar-refractivity contribution in [2.45, 2.75) is 19.8 Å². The van der Waals surface area contributed by atoms with E-state index in [2.05, 4.69) is 5.32 Å². The van der Waals surface area contributed by atoms with E-state index in [0.717, 1.165) is 6.42 Å². The van der Waals surface area contributed by atoms with Gasteiger partial charge in [-0.1, -0.05) is 19.4 Å². The van der Waals surface area contributed by atoms with E-state index in [1.165, 1.54) is 0 Å². The standard InChI is InChI=1S/C8H12N2O3/c1-2-3-4-6-8(12)10(13)5-7(11)9-6/h4,13H,2-3,5H2,1H3,(H,9,11)/b6-4-. The van der Waals surface area contributed by atoms with E-state index in [0.29, 0.717) is 11.5 Å². The summed E-state index contributed by atoms with van der Waals surface area (Å²) in [5.74, 6) is -0.919. The van der Waals surface area contributed by atoms with Crippen molar-refractivity contribution in [1.82, 2.24) is 10.4 Å². The summed E-state index contributed by atoms with van der Waals surface area (Å²) in [6.07, 6.45) is 3.20. The molecule has 0 atom stereocenters. The highest BCUT2D eigenvalue weighted by Gasteiger charge is 2.26. The van der Waals surface area contributed by atoms with Crippen LogP contribution < -0.4 is 5.32 Å². The monoisotopic (exact) mass is 184 g/mol. The van der Waals surface area contributed by atoms with Gasteiger partial charge in [0.05, 0.1) is 0 Å². The molecule has 0 radical (unpaired) electrons.